The molecule has 1 aliphatic carbocycles. The molecule has 0 spiro atoms. The highest BCUT2D eigenvalue weighted by Gasteiger charge is 2.31. The second-order valence-corrected chi connectivity index (χ2v) is 6.15. The van der Waals surface area contributed by atoms with E-state index >= 15 is 0 Å². The van der Waals surface area contributed by atoms with Crippen molar-refractivity contribution in [2.75, 3.05) is 26.2 Å². The second-order valence-electron chi connectivity index (χ2n) is 5.71. The Morgan fingerprint density at radius 2 is 1.95 bits per heavy atom. The van der Waals surface area contributed by atoms with Gasteiger partial charge in [0.15, 0.2) is 0 Å². The second kappa shape index (κ2) is 5.76. The summed E-state index contributed by atoms with van der Waals surface area (Å²) in [7, 11) is 0. The van der Waals surface area contributed by atoms with Crippen LogP contribution in [-0.2, 0) is 6.54 Å². The van der Waals surface area contributed by atoms with E-state index in [0.29, 0.717) is 12.1 Å². The van der Waals surface area contributed by atoms with E-state index in [-0.39, 0.29) is 10.8 Å². The molecule has 1 aromatic rings. The maximum atomic E-state index is 14.0. The lowest BCUT2D eigenvalue weighted by Crippen LogP contribution is -2.46. The third-order valence-corrected chi connectivity index (χ3v) is 4.44. The Labute approximate surface area is 124 Å². The summed E-state index contributed by atoms with van der Waals surface area (Å²) < 4.78 is 14.0. The third kappa shape index (κ3) is 3.16. The fourth-order valence-electron chi connectivity index (χ4n) is 2.80. The maximum Gasteiger partial charge on any atom is 0.128 e. The fourth-order valence-corrected chi connectivity index (χ4v) is 2.92. The molecule has 1 saturated heterocycles. The SMILES string of the molecule is NC(=S)c1ccc(CN2CCN(C3CC3)CC2)c(F)c1. The zero-order valence-corrected chi connectivity index (χ0v) is 12.3. The summed E-state index contributed by atoms with van der Waals surface area (Å²) in [6.45, 7) is 4.93. The number of hydrogen-bond acceptors (Lipinski definition) is 3. The molecule has 0 aromatic heterocycles. The van der Waals surface area contributed by atoms with E-state index < -0.39 is 0 Å². The molecule has 0 bridgehead atoms. The highest BCUT2D eigenvalue weighted by atomic mass is 32.1. The summed E-state index contributed by atoms with van der Waals surface area (Å²) in [5, 5.41) is 0. The predicted molar refractivity (Wildman–Crippen MR) is 82.2 cm³/mol. The van der Waals surface area contributed by atoms with Gasteiger partial charge in [-0.2, -0.15) is 0 Å². The molecule has 3 nitrogen and oxygen atoms in total. The average molecular weight is 293 g/mol. The molecule has 1 aromatic carbocycles. The van der Waals surface area contributed by atoms with Crippen molar-refractivity contribution in [2.24, 2.45) is 5.73 Å². The van der Waals surface area contributed by atoms with Gasteiger partial charge in [-0.15, -0.1) is 0 Å². The molecule has 0 atom stereocenters. The van der Waals surface area contributed by atoms with Crippen molar-refractivity contribution in [1.82, 2.24) is 9.80 Å². The summed E-state index contributed by atoms with van der Waals surface area (Å²) in [6.07, 6.45) is 2.71. The van der Waals surface area contributed by atoms with Crippen LogP contribution in [0.4, 0.5) is 4.39 Å². The number of benzene rings is 1. The first kappa shape index (κ1) is 13.9. The first-order chi connectivity index (χ1) is 9.63. The summed E-state index contributed by atoms with van der Waals surface area (Å²) in [4.78, 5) is 5.12. The number of thiocarbonyl (C=S) groups is 1. The first-order valence-electron chi connectivity index (χ1n) is 7.18. The molecule has 0 unspecified atom stereocenters. The molecule has 2 aliphatic rings. The minimum Gasteiger partial charge on any atom is -0.389 e. The van der Waals surface area contributed by atoms with Crippen LogP contribution in [-0.4, -0.2) is 47.0 Å². The van der Waals surface area contributed by atoms with E-state index in [0.717, 1.165) is 37.8 Å². The molecule has 108 valence electrons. The van der Waals surface area contributed by atoms with Crippen molar-refractivity contribution in [1.29, 1.82) is 0 Å². The molecule has 0 amide bonds. The van der Waals surface area contributed by atoms with Crippen LogP contribution in [0.25, 0.3) is 0 Å². The first-order valence-corrected chi connectivity index (χ1v) is 7.59. The quantitative estimate of drug-likeness (QED) is 0.857. The minimum atomic E-state index is -0.208. The van der Waals surface area contributed by atoms with Crippen LogP contribution in [0, 0.1) is 5.82 Å². The Kier molecular flexibility index (Phi) is 4.01. The van der Waals surface area contributed by atoms with Gasteiger partial charge in [-0.25, -0.2) is 4.39 Å². The van der Waals surface area contributed by atoms with E-state index in [2.05, 4.69) is 9.80 Å². The Balaban J connectivity index is 1.59. The van der Waals surface area contributed by atoms with Crippen molar-refractivity contribution in [3.8, 4) is 0 Å². The van der Waals surface area contributed by atoms with Gasteiger partial charge in [0.25, 0.3) is 0 Å². The fraction of sp³-hybridized carbons (Fsp3) is 0.533. The molecule has 1 saturated carbocycles. The van der Waals surface area contributed by atoms with Gasteiger partial charge in [-0.05, 0) is 18.9 Å². The third-order valence-electron chi connectivity index (χ3n) is 4.20. The summed E-state index contributed by atoms with van der Waals surface area (Å²) in [6, 6.07) is 5.88. The van der Waals surface area contributed by atoms with Crippen LogP contribution in [0.15, 0.2) is 18.2 Å². The zero-order chi connectivity index (χ0) is 14.1. The maximum absolute atomic E-state index is 14.0. The van der Waals surface area contributed by atoms with Crippen molar-refractivity contribution in [3.63, 3.8) is 0 Å². The zero-order valence-electron chi connectivity index (χ0n) is 11.5. The Hall–Kier alpha value is -1.04. The summed E-state index contributed by atoms with van der Waals surface area (Å²) in [5.74, 6) is -0.208. The normalized spacial score (nSPS) is 21.1. The molecule has 1 heterocycles. The number of piperazine rings is 1. The summed E-state index contributed by atoms with van der Waals surface area (Å²) in [5.41, 5.74) is 6.84. The van der Waals surface area contributed by atoms with Gasteiger partial charge in [0.1, 0.15) is 10.8 Å². The molecular weight excluding hydrogens is 273 g/mol. The Bertz CT molecular complexity index is 508. The molecule has 0 radical (unpaired) electrons. The number of hydrogen-bond donors (Lipinski definition) is 1. The van der Waals surface area contributed by atoms with Gasteiger partial charge < -0.3 is 5.73 Å². The number of nitrogens with two attached hydrogens (primary N) is 1. The number of nitrogens with zero attached hydrogens (tertiary/aromatic N) is 2. The number of halogens is 1. The molecule has 5 heteroatoms. The van der Waals surface area contributed by atoms with Crippen LogP contribution in [0.2, 0.25) is 0 Å². The summed E-state index contributed by atoms with van der Waals surface area (Å²) >= 11 is 4.86. The minimum absolute atomic E-state index is 0.208. The van der Waals surface area contributed by atoms with Gasteiger partial charge in [-0.3, -0.25) is 9.80 Å². The van der Waals surface area contributed by atoms with Gasteiger partial charge >= 0.3 is 0 Å². The van der Waals surface area contributed by atoms with Gasteiger partial charge in [0, 0.05) is 49.9 Å². The van der Waals surface area contributed by atoms with Crippen LogP contribution in [0.1, 0.15) is 24.0 Å². The monoisotopic (exact) mass is 293 g/mol. The van der Waals surface area contributed by atoms with Gasteiger partial charge in [0.05, 0.1) is 0 Å². The van der Waals surface area contributed by atoms with Crippen molar-refractivity contribution >= 4 is 17.2 Å². The molecule has 1 aliphatic heterocycles. The predicted octanol–water partition coefficient (Wildman–Crippen LogP) is 1.74. The lowest BCUT2D eigenvalue weighted by Gasteiger charge is -2.34. The van der Waals surface area contributed by atoms with Crippen LogP contribution >= 0.6 is 12.2 Å². The van der Waals surface area contributed by atoms with E-state index in [1.165, 1.54) is 18.9 Å². The molecule has 3 rings (SSSR count). The standard InChI is InChI=1S/C15H20FN3S/c16-14-9-11(15(17)20)1-2-12(14)10-18-5-7-19(8-6-18)13-3-4-13/h1-2,9,13H,3-8,10H2,(H2,17,20). The van der Waals surface area contributed by atoms with Crippen molar-refractivity contribution < 1.29 is 4.39 Å². The highest BCUT2D eigenvalue weighted by molar-refractivity contribution is 7.80. The Morgan fingerprint density at radius 1 is 1.25 bits per heavy atom. The van der Waals surface area contributed by atoms with Crippen LogP contribution in [0.3, 0.4) is 0 Å². The molecule has 20 heavy (non-hydrogen) atoms. The van der Waals surface area contributed by atoms with Crippen LogP contribution in [0.5, 0.6) is 0 Å². The Morgan fingerprint density at radius 3 is 2.50 bits per heavy atom. The van der Waals surface area contributed by atoms with Crippen molar-refractivity contribution in [2.45, 2.75) is 25.4 Å². The number of rotatable bonds is 4. The lowest BCUT2D eigenvalue weighted by atomic mass is 10.1. The molecular formula is C15H20FN3S. The molecule has 2 fully saturated rings. The van der Waals surface area contributed by atoms with Crippen molar-refractivity contribution in [3.05, 3.63) is 35.1 Å². The van der Waals surface area contributed by atoms with Crippen LogP contribution < -0.4 is 5.73 Å². The smallest absolute Gasteiger partial charge is 0.128 e. The lowest BCUT2D eigenvalue weighted by molar-refractivity contribution is 0.120. The molecule has 2 N–H and O–H groups in total. The van der Waals surface area contributed by atoms with E-state index in [1.807, 2.05) is 0 Å². The highest BCUT2D eigenvalue weighted by Crippen LogP contribution is 2.27. The largest absolute Gasteiger partial charge is 0.389 e. The van der Waals surface area contributed by atoms with E-state index in [9.17, 15) is 4.39 Å². The average Bonchev–Trinajstić information content (AvgIpc) is 3.26. The van der Waals surface area contributed by atoms with Gasteiger partial charge in [-0.1, -0.05) is 24.4 Å². The topological polar surface area (TPSA) is 32.5 Å². The van der Waals surface area contributed by atoms with Gasteiger partial charge in [0.2, 0.25) is 0 Å². The van der Waals surface area contributed by atoms with E-state index in [4.69, 9.17) is 18.0 Å². The van der Waals surface area contributed by atoms with E-state index in [1.54, 1.807) is 12.1 Å².